The summed E-state index contributed by atoms with van der Waals surface area (Å²) in [6.07, 6.45) is 1.77. The summed E-state index contributed by atoms with van der Waals surface area (Å²) >= 11 is 0. The standard InChI is InChI=1S/C13H16N2O2/c14-11-2-1-9-3-5-15(12(9)7-11)13(16)10-4-6-17-8-10/h1-2,7,10H,3-6,8,14H2. The fourth-order valence-corrected chi connectivity index (χ4v) is 2.57. The highest BCUT2D eigenvalue weighted by Gasteiger charge is 2.32. The van der Waals surface area contributed by atoms with Gasteiger partial charge in [-0.05, 0) is 30.5 Å². The Kier molecular flexibility index (Phi) is 2.52. The zero-order valence-corrected chi connectivity index (χ0v) is 9.69. The Morgan fingerprint density at radius 2 is 2.35 bits per heavy atom. The maximum Gasteiger partial charge on any atom is 0.232 e. The quantitative estimate of drug-likeness (QED) is 0.740. The first-order valence-electron chi connectivity index (χ1n) is 6.03. The third kappa shape index (κ3) is 1.78. The molecule has 2 aliphatic heterocycles. The molecule has 0 spiro atoms. The van der Waals surface area contributed by atoms with Crippen LogP contribution in [0.3, 0.4) is 0 Å². The second-order valence-electron chi connectivity index (χ2n) is 4.69. The molecular weight excluding hydrogens is 216 g/mol. The fourth-order valence-electron chi connectivity index (χ4n) is 2.57. The Hall–Kier alpha value is -1.55. The summed E-state index contributed by atoms with van der Waals surface area (Å²) in [5, 5.41) is 0. The van der Waals surface area contributed by atoms with Gasteiger partial charge < -0.3 is 15.4 Å². The third-order valence-electron chi connectivity index (χ3n) is 3.55. The van der Waals surface area contributed by atoms with Crippen LogP contribution in [-0.4, -0.2) is 25.7 Å². The number of nitrogens with two attached hydrogens (primary N) is 1. The lowest BCUT2D eigenvalue weighted by molar-refractivity contribution is -0.122. The summed E-state index contributed by atoms with van der Waals surface area (Å²) in [6.45, 7) is 2.04. The molecule has 1 atom stereocenters. The summed E-state index contributed by atoms with van der Waals surface area (Å²) < 4.78 is 5.28. The molecule has 1 unspecified atom stereocenters. The molecule has 4 heteroatoms. The van der Waals surface area contributed by atoms with Gasteiger partial charge in [0.1, 0.15) is 0 Å². The molecule has 1 amide bonds. The Balaban J connectivity index is 1.87. The number of carbonyl (C=O) groups excluding carboxylic acids is 1. The predicted octanol–water partition coefficient (Wildman–Crippen LogP) is 1.19. The average molecular weight is 232 g/mol. The summed E-state index contributed by atoms with van der Waals surface area (Å²) in [5.41, 5.74) is 8.70. The second-order valence-corrected chi connectivity index (χ2v) is 4.69. The SMILES string of the molecule is Nc1ccc2c(c1)N(C(=O)C1CCOC1)CC2. The van der Waals surface area contributed by atoms with E-state index in [9.17, 15) is 4.79 Å². The van der Waals surface area contributed by atoms with Crippen molar-refractivity contribution in [3.8, 4) is 0 Å². The van der Waals surface area contributed by atoms with E-state index in [-0.39, 0.29) is 11.8 Å². The molecule has 2 aliphatic rings. The zero-order chi connectivity index (χ0) is 11.8. The van der Waals surface area contributed by atoms with Crippen molar-refractivity contribution in [1.82, 2.24) is 0 Å². The van der Waals surface area contributed by atoms with Gasteiger partial charge in [-0.15, -0.1) is 0 Å². The van der Waals surface area contributed by atoms with Gasteiger partial charge in [-0.1, -0.05) is 6.07 Å². The number of benzene rings is 1. The van der Waals surface area contributed by atoms with Crippen molar-refractivity contribution >= 4 is 17.3 Å². The van der Waals surface area contributed by atoms with Crippen LogP contribution in [0.5, 0.6) is 0 Å². The highest BCUT2D eigenvalue weighted by molar-refractivity contribution is 5.97. The highest BCUT2D eigenvalue weighted by Crippen LogP contribution is 2.32. The predicted molar refractivity (Wildman–Crippen MR) is 65.8 cm³/mol. The monoisotopic (exact) mass is 232 g/mol. The minimum atomic E-state index is 0.0300. The van der Waals surface area contributed by atoms with E-state index in [4.69, 9.17) is 10.5 Å². The first-order chi connectivity index (χ1) is 8.25. The Morgan fingerprint density at radius 1 is 1.47 bits per heavy atom. The molecule has 4 nitrogen and oxygen atoms in total. The number of amides is 1. The van der Waals surface area contributed by atoms with Crippen LogP contribution < -0.4 is 10.6 Å². The number of hydrogen-bond acceptors (Lipinski definition) is 3. The molecule has 0 aliphatic carbocycles. The van der Waals surface area contributed by atoms with Gasteiger partial charge in [0.05, 0.1) is 12.5 Å². The molecule has 0 saturated carbocycles. The number of carbonyl (C=O) groups is 1. The van der Waals surface area contributed by atoms with E-state index in [0.717, 1.165) is 25.1 Å². The van der Waals surface area contributed by atoms with Crippen LogP contribution in [0.25, 0.3) is 0 Å². The molecule has 1 fully saturated rings. The number of fused-ring (bicyclic) bond motifs is 1. The number of ether oxygens (including phenoxy) is 1. The van der Waals surface area contributed by atoms with Gasteiger partial charge in [0.25, 0.3) is 0 Å². The number of rotatable bonds is 1. The van der Waals surface area contributed by atoms with Gasteiger partial charge in [0.2, 0.25) is 5.91 Å². The molecule has 2 N–H and O–H groups in total. The molecule has 1 saturated heterocycles. The van der Waals surface area contributed by atoms with Crippen molar-refractivity contribution in [1.29, 1.82) is 0 Å². The lowest BCUT2D eigenvalue weighted by Crippen LogP contribution is -2.35. The molecule has 0 radical (unpaired) electrons. The van der Waals surface area contributed by atoms with Gasteiger partial charge >= 0.3 is 0 Å². The Labute approximate surface area is 100 Å². The van der Waals surface area contributed by atoms with Gasteiger partial charge in [-0.25, -0.2) is 0 Å². The van der Waals surface area contributed by atoms with Crippen molar-refractivity contribution in [2.75, 3.05) is 30.4 Å². The lowest BCUT2D eigenvalue weighted by Gasteiger charge is -2.20. The highest BCUT2D eigenvalue weighted by atomic mass is 16.5. The third-order valence-corrected chi connectivity index (χ3v) is 3.55. The maximum absolute atomic E-state index is 12.3. The van der Waals surface area contributed by atoms with Gasteiger partial charge in [0, 0.05) is 24.5 Å². The second kappa shape index (κ2) is 4.04. The van der Waals surface area contributed by atoms with Crippen molar-refractivity contribution in [3.05, 3.63) is 23.8 Å². The topological polar surface area (TPSA) is 55.6 Å². The molecule has 90 valence electrons. The van der Waals surface area contributed by atoms with Crippen LogP contribution in [-0.2, 0) is 16.0 Å². The molecule has 0 aromatic heterocycles. The molecular formula is C13H16N2O2. The number of nitrogen functional groups attached to an aromatic ring is 1. The van der Waals surface area contributed by atoms with Crippen molar-refractivity contribution in [2.45, 2.75) is 12.8 Å². The normalized spacial score (nSPS) is 22.8. The van der Waals surface area contributed by atoms with Gasteiger partial charge in [-0.2, -0.15) is 0 Å². The zero-order valence-electron chi connectivity index (χ0n) is 9.69. The van der Waals surface area contributed by atoms with Crippen LogP contribution >= 0.6 is 0 Å². The van der Waals surface area contributed by atoms with E-state index in [2.05, 4.69) is 0 Å². The van der Waals surface area contributed by atoms with Crippen LogP contribution in [0.2, 0.25) is 0 Å². The lowest BCUT2D eigenvalue weighted by atomic mass is 10.1. The summed E-state index contributed by atoms with van der Waals surface area (Å²) in [7, 11) is 0. The molecule has 1 aromatic rings. The smallest absolute Gasteiger partial charge is 0.232 e. The van der Waals surface area contributed by atoms with Gasteiger partial charge in [0.15, 0.2) is 0 Å². The van der Waals surface area contributed by atoms with Crippen LogP contribution in [0.15, 0.2) is 18.2 Å². The average Bonchev–Trinajstić information content (AvgIpc) is 2.97. The Morgan fingerprint density at radius 3 is 3.12 bits per heavy atom. The van der Waals surface area contributed by atoms with Crippen LogP contribution in [0, 0.1) is 5.92 Å². The van der Waals surface area contributed by atoms with E-state index in [0.29, 0.717) is 18.9 Å². The van der Waals surface area contributed by atoms with Crippen molar-refractivity contribution in [3.63, 3.8) is 0 Å². The van der Waals surface area contributed by atoms with Crippen LogP contribution in [0.1, 0.15) is 12.0 Å². The summed E-state index contributed by atoms with van der Waals surface area (Å²) in [4.78, 5) is 14.2. The van der Waals surface area contributed by atoms with Crippen LogP contribution in [0.4, 0.5) is 11.4 Å². The Bertz CT molecular complexity index is 453. The fraction of sp³-hybridized carbons (Fsp3) is 0.462. The van der Waals surface area contributed by atoms with E-state index < -0.39 is 0 Å². The maximum atomic E-state index is 12.3. The number of anilines is 2. The molecule has 17 heavy (non-hydrogen) atoms. The largest absolute Gasteiger partial charge is 0.399 e. The minimum absolute atomic E-state index is 0.0300. The van der Waals surface area contributed by atoms with Crippen molar-refractivity contribution < 1.29 is 9.53 Å². The minimum Gasteiger partial charge on any atom is -0.399 e. The first kappa shape index (κ1) is 10.6. The van der Waals surface area contributed by atoms with E-state index in [1.165, 1.54) is 5.56 Å². The van der Waals surface area contributed by atoms with Crippen molar-refractivity contribution in [2.24, 2.45) is 5.92 Å². The number of nitrogens with zero attached hydrogens (tertiary/aromatic N) is 1. The molecule has 0 bridgehead atoms. The first-order valence-corrected chi connectivity index (χ1v) is 6.03. The van der Waals surface area contributed by atoms with E-state index in [1.54, 1.807) is 0 Å². The van der Waals surface area contributed by atoms with Gasteiger partial charge in [-0.3, -0.25) is 4.79 Å². The number of hydrogen-bond donors (Lipinski definition) is 1. The summed E-state index contributed by atoms with van der Waals surface area (Å²) in [6, 6.07) is 5.81. The van der Waals surface area contributed by atoms with E-state index >= 15 is 0 Å². The molecule has 2 heterocycles. The molecule has 3 rings (SSSR count). The molecule has 1 aromatic carbocycles. The summed E-state index contributed by atoms with van der Waals surface area (Å²) in [5.74, 6) is 0.217. The van der Waals surface area contributed by atoms with E-state index in [1.807, 2.05) is 23.1 Å².